The number of pyridine rings is 1. The minimum Gasteiger partial charge on any atom is -0.477 e. The number of carboxylic acids is 1. The van der Waals surface area contributed by atoms with Crippen LogP contribution in [0.25, 0.3) is 0 Å². The monoisotopic (exact) mass is 252 g/mol. The minimum atomic E-state index is -0.944. The van der Waals surface area contributed by atoms with Gasteiger partial charge in [0.25, 0.3) is 0 Å². The zero-order valence-corrected chi connectivity index (χ0v) is 10.2. The van der Waals surface area contributed by atoms with E-state index >= 15 is 0 Å². The summed E-state index contributed by atoms with van der Waals surface area (Å²) in [6, 6.07) is 13.2. The zero-order chi connectivity index (χ0) is 13.2. The summed E-state index contributed by atoms with van der Waals surface area (Å²) in [6.07, 6.45) is 3.99. The van der Waals surface area contributed by atoms with Gasteiger partial charge >= 0.3 is 5.97 Å². The van der Waals surface area contributed by atoms with Gasteiger partial charge in [-0.2, -0.15) is 0 Å². The third-order valence-corrected chi connectivity index (χ3v) is 3.07. The van der Waals surface area contributed by atoms with Gasteiger partial charge in [0.2, 0.25) is 0 Å². The quantitative estimate of drug-likeness (QED) is 0.892. The third kappa shape index (κ3) is 1.97. The van der Waals surface area contributed by atoms with Crippen molar-refractivity contribution in [2.75, 3.05) is 4.90 Å². The number of fused-ring (bicyclic) bond motifs is 1. The summed E-state index contributed by atoms with van der Waals surface area (Å²) in [4.78, 5) is 17.4. The number of aliphatic carboxylic acids is 1. The van der Waals surface area contributed by atoms with E-state index in [0.29, 0.717) is 12.2 Å². The van der Waals surface area contributed by atoms with Gasteiger partial charge in [-0.3, -0.25) is 4.90 Å². The molecule has 4 heteroatoms. The van der Waals surface area contributed by atoms with E-state index in [1.54, 1.807) is 17.2 Å². The van der Waals surface area contributed by atoms with Gasteiger partial charge in [-0.25, -0.2) is 9.78 Å². The first-order valence-electron chi connectivity index (χ1n) is 6.00. The first-order valence-corrected chi connectivity index (χ1v) is 6.00. The molecule has 0 spiro atoms. The largest absolute Gasteiger partial charge is 0.477 e. The second-order valence-corrected chi connectivity index (χ2v) is 4.26. The molecule has 0 bridgehead atoms. The molecule has 3 rings (SSSR count). The van der Waals surface area contributed by atoms with Gasteiger partial charge in [-0.15, -0.1) is 0 Å². The highest BCUT2D eigenvalue weighted by Crippen LogP contribution is 2.34. The molecule has 1 aromatic carbocycles. The normalized spacial score (nSPS) is 13.7. The number of hydrogen-bond acceptors (Lipinski definition) is 3. The van der Waals surface area contributed by atoms with Crippen LogP contribution in [0.2, 0.25) is 0 Å². The fraction of sp³-hybridized carbons (Fsp3) is 0.0667. The van der Waals surface area contributed by atoms with Crippen molar-refractivity contribution in [1.82, 2.24) is 4.98 Å². The summed E-state index contributed by atoms with van der Waals surface area (Å²) in [5, 5.41) is 9.36. The first-order chi connectivity index (χ1) is 9.27. The van der Waals surface area contributed by atoms with Crippen LogP contribution in [0.1, 0.15) is 5.56 Å². The van der Waals surface area contributed by atoms with E-state index in [0.717, 1.165) is 11.3 Å². The number of benzene rings is 1. The molecule has 0 radical (unpaired) electrons. The average molecular weight is 252 g/mol. The summed E-state index contributed by atoms with van der Waals surface area (Å²) in [6.45, 7) is 0. The maximum atomic E-state index is 11.4. The molecule has 4 nitrogen and oxygen atoms in total. The molecule has 0 saturated carbocycles. The maximum Gasteiger partial charge on any atom is 0.352 e. The van der Waals surface area contributed by atoms with Crippen molar-refractivity contribution < 1.29 is 9.90 Å². The molecular formula is C15H12N2O2. The lowest BCUT2D eigenvalue weighted by Crippen LogP contribution is -2.27. The Labute approximate surface area is 110 Å². The number of carboxylic acid groups (broad SMARTS) is 1. The van der Waals surface area contributed by atoms with Gasteiger partial charge in [-0.1, -0.05) is 24.3 Å². The third-order valence-electron chi connectivity index (χ3n) is 3.07. The van der Waals surface area contributed by atoms with Crippen LogP contribution in [0.4, 0.5) is 11.5 Å². The van der Waals surface area contributed by atoms with Crippen LogP contribution in [0.15, 0.2) is 60.4 Å². The molecule has 1 aliphatic heterocycles. The number of rotatable bonds is 2. The molecule has 0 atom stereocenters. The Kier molecular flexibility index (Phi) is 2.76. The average Bonchev–Trinajstić information content (AvgIpc) is 2.46. The Hall–Kier alpha value is -2.62. The SMILES string of the molecule is O=C(O)C1=CCc2cccnc2N1c1ccccc1. The number of hydrogen-bond donors (Lipinski definition) is 1. The van der Waals surface area contributed by atoms with Gasteiger partial charge in [0.05, 0.1) is 0 Å². The molecule has 0 amide bonds. The molecule has 0 fully saturated rings. The highest BCUT2D eigenvalue weighted by molar-refractivity contribution is 5.95. The highest BCUT2D eigenvalue weighted by Gasteiger charge is 2.26. The lowest BCUT2D eigenvalue weighted by atomic mass is 10.1. The van der Waals surface area contributed by atoms with Crippen LogP contribution >= 0.6 is 0 Å². The molecule has 0 unspecified atom stereocenters. The molecule has 2 aromatic rings. The van der Waals surface area contributed by atoms with E-state index in [1.165, 1.54) is 0 Å². The smallest absolute Gasteiger partial charge is 0.352 e. The molecule has 1 aromatic heterocycles. The van der Waals surface area contributed by atoms with E-state index in [4.69, 9.17) is 0 Å². The number of nitrogens with zero attached hydrogens (tertiary/aromatic N) is 2. The topological polar surface area (TPSA) is 53.4 Å². The van der Waals surface area contributed by atoms with Crippen molar-refractivity contribution in [3.8, 4) is 0 Å². The summed E-state index contributed by atoms with van der Waals surface area (Å²) < 4.78 is 0. The van der Waals surface area contributed by atoms with E-state index in [9.17, 15) is 9.90 Å². The maximum absolute atomic E-state index is 11.4. The van der Waals surface area contributed by atoms with Crippen LogP contribution in [0.5, 0.6) is 0 Å². The number of anilines is 2. The molecular weight excluding hydrogens is 240 g/mol. The molecule has 0 saturated heterocycles. The van der Waals surface area contributed by atoms with E-state index in [-0.39, 0.29) is 5.70 Å². The van der Waals surface area contributed by atoms with Gasteiger partial charge in [0.1, 0.15) is 11.5 Å². The van der Waals surface area contributed by atoms with E-state index in [1.807, 2.05) is 42.5 Å². The van der Waals surface area contributed by atoms with Crippen molar-refractivity contribution in [2.24, 2.45) is 0 Å². The van der Waals surface area contributed by atoms with Gasteiger partial charge in [-0.05, 0) is 36.3 Å². The van der Waals surface area contributed by atoms with E-state index in [2.05, 4.69) is 4.98 Å². The Bertz CT molecular complexity index is 650. The Morgan fingerprint density at radius 3 is 2.68 bits per heavy atom. The van der Waals surface area contributed by atoms with Crippen LogP contribution in [-0.2, 0) is 11.2 Å². The summed E-state index contributed by atoms with van der Waals surface area (Å²) >= 11 is 0. The Balaban J connectivity index is 2.17. The second kappa shape index (κ2) is 4.57. The molecule has 0 aliphatic carbocycles. The van der Waals surface area contributed by atoms with Crippen LogP contribution < -0.4 is 4.90 Å². The molecule has 2 heterocycles. The van der Waals surface area contributed by atoms with Crippen LogP contribution in [0, 0.1) is 0 Å². The van der Waals surface area contributed by atoms with Crippen molar-refractivity contribution >= 4 is 17.5 Å². The lowest BCUT2D eigenvalue weighted by molar-refractivity contribution is -0.132. The van der Waals surface area contributed by atoms with Crippen molar-refractivity contribution in [2.45, 2.75) is 6.42 Å². The second-order valence-electron chi connectivity index (χ2n) is 4.26. The number of para-hydroxylation sites is 1. The molecule has 94 valence electrons. The summed E-state index contributed by atoms with van der Waals surface area (Å²) in [5.41, 5.74) is 2.07. The van der Waals surface area contributed by atoms with Crippen LogP contribution in [0.3, 0.4) is 0 Å². The van der Waals surface area contributed by atoms with Gasteiger partial charge in [0, 0.05) is 11.9 Å². The zero-order valence-electron chi connectivity index (χ0n) is 10.2. The summed E-state index contributed by atoms with van der Waals surface area (Å²) in [5.74, 6) is -0.256. The molecule has 19 heavy (non-hydrogen) atoms. The lowest BCUT2D eigenvalue weighted by Gasteiger charge is -2.29. The van der Waals surface area contributed by atoms with Crippen LogP contribution in [-0.4, -0.2) is 16.1 Å². The predicted molar refractivity (Wildman–Crippen MR) is 72.2 cm³/mol. The fourth-order valence-electron chi connectivity index (χ4n) is 2.22. The Morgan fingerprint density at radius 1 is 1.16 bits per heavy atom. The number of allylic oxidation sites excluding steroid dienone is 1. The van der Waals surface area contributed by atoms with Crippen molar-refractivity contribution in [1.29, 1.82) is 0 Å². The summed E-state index contributed by atoms with van der Waals surface area (Å²) in [7, 11) is 0. The fourth-order valence-corrected chi connectivity index (χ4v) is 2.22. The standard InChI is InChI=1S/C15H12N2O2/c18-15(19)13-9-8-11-5-4-10-16-14(11)17(13)12-6-2-1-3-7-12/h1-7,9-10H,8H2,(H,18,19). The highest BCUT2D eigenvalue weighted by atomic mass is 16.4. The predicted octanol–water partition coefficient (Wildman–Crippen LogP) is 2.74. The van der Waals surface area contributed by atoms with Crippen molar-refractivity contribution in [3.05, 3.63) is 66.0 Å². The number of carbonyl (C=O) groups is 1. The minimum absolute atomic E-state index is 0.248. The molecule has 1 N–H and O–H groups in total. The molecule has 1 aliphatic rings. The first kappa shape index (κ1) is 11.5. The van der Waals surface area contributed by atoms with E-state index < -0.39 is 5.97 Å². The number of aromatic nitrogens is 1. The Morgan fingerprint density at radius 2 is 1.95 bits per heavy atom. The van der Waals surface area contributed by atoms with Crippen molar-refractivity contribution in [3.63, 3.8) is 0 Å². The van der Waals surface area contributed by atoms with Gasteiger partial charge < -0.3 is 5.11 Å². The van der Waals surface area contributed by atoms with Gasteiger partial charge in [0.15, 0.2) is 0 Å².